The van der Waals surface area contributed by atoms with Gasteiger partial charge in [-0.15, -0.1) is 0 Å². The van der Waals surface area contributed by atoms with Crippen molar-refractivity contribution in [3.05, 3.63) is 115 Å². The lowest BCUT2D eigenvalue weighted by Gasteiger charge is -2.18. The molecule has 45 heavy (non-hydrogen) atoms. The number of hydrogen-bond acceptors (Lipinski definition) is 7. The van der Waals surface area contributed by atoms with E-state index in [0.29, 0.717) is 46.0 Å². The van der Waals surface area contributed by atoms with Gasteiger partial charge >= 0.3 is 0 Å². The third-order valence-corrected chi connectivity index (χ3v) is 7.82. The summed E-state index contributed by atoms with van der Waals surface area (Å²) in [6.45, 7) is 8.82. The van der Waals surface area contributed by atoms with E-state index < -0.39 is 0 Å². The van der Waals surface area contributed by atoms with Gasteiger partial charge in [0, 0.05) is 21.2 Å². The van der Waals surface area contributed by atoms with Crippen molar-refractivity contribution in [3.63, 3.8) is 0 Å². The summed E-state index contributed by atoms with van der Waals surface area (Å²) in [4.78, 5) is 18.9. The number of hydrogen-bond donors (Lipinski definition) is 0. The van der Waals surface area contributed by atoms with Crippen LogP contribution in [0.4, 0.5) is 0 Å². The van der Waals surface area contributed by atoms with Gasteiger partial charge in [-0.2, -0.15) is 15.0 Å². The predicted molar refractivity (Wildman–Crippen MR) is 181 cm³/mol. The third-order valence-electron chi connectivity index (χ3n) is 7.36. The Labute approximate surface area is 270 Å². The number of ether oxygens (including phenoxy) is 3. The Balaban J connectivity index is 1.68. The van der Waals surface area contributed by atoms with Crippen LogP contribution in [0.25, 0.3) is 22.3 Å². The largest absolute Gasteiger partial charge is 0.494 e. The van der Waals surface area contributed by atoms with Crippen molar-refractivity contribution in [2.45, 2.75) is 40.2 Å². The van der Waals surface area contributed by atoms with Gasteiger partial charge in [0.2, 0.25) is 0 Å². The molecule has 5 aromatic rings. The lowest BCUT2D eigenvalue weighted by Crippen LogP contribution is -2.21. The molecule has 5 rings (SSSR count). The van der Waals surface area contributed by atoms with Gasteiger partial charge in [-0.05, 0) is 73.4 Å². The first-order valence-corrected chi connectivity index (χ1v) is 15.4. The molecule has 0 aliphatic rings. The zero-order valence-electron chi connectivity index (χ0n) is 25.8. The minimum Gasteiger partial charge on any atom is -0.494 e. The van der Waals surface area contributed by atoms with Gasteiger partial charge in [-0.25, -0.2) is 4.98 Å². The van der Waals surface area contributed by atoms with Crippen LogP contribution < -0.4 is 19.8 Å². The molecule has 0 radical (unpaired) electrons. The van der Waals surface area contributed by atoms with Gasteiger partial charge in [0.1, 0.15) is 12.4 Å². The van der Waals surface area contributed by atoms with E-state index in [1.54, 1.807) is 31.5 Å². The van der Waals surface area contributed by atoms with Gasteiger partial charge in [-0.3, -0.25) is 4.79 Å². The average molecular weight is 666 g/mol. The number of halogens is 1. The summed E-state index contributed by atoms with van der Waals surface area (Å²) in [6.07, 6.45) is 1.56. The molecule has 8 nitrogen and oxygen atoms in total. The molecular formula is C36H33BrN4O4. The molecule has 0 atom stereocenters. The second-order valence-corrected chi connectivity index (χ2v) is 11.6. The molecule has 4 aromatic carbocycles. The predicted octanol–water partition coefficient (Wildman–Crippen LogP) is 8.00. The Hall–Kier alpha value is -4.94. The fraction of sp³-hybridized carbons (Fsp3) is 0.222. The van der Waals surface area contributed by atoms with E-state index in [0.717, 1.165) is 32.5 Å². The highest BCUT2D eigenvalue weighted by atomic mass is 79.9. The zero-order chi connectivity index (χ0) is 32.1. The second-order valence-electron chi connectivity index (χ2n) is 10.7. The lowest BCUT2D eigenvalue weighted by molar-refractivity contribution is 0.283. The monoisotopic (exact) mass is 664 g/mol. The lowest BCUT2D eigenvalue weighted by atomic mass is 9.96. The summed E-state index contributed by atoms with van der Waals surface area (Å²) in [5, 5.41) is 14.7. The molecule has 0 saturated carbocycles. The Bertz CT molecular complexity index is 2010. The van der Waals surface area contributed by atoms with E-state index in [2.05, 4.69) is 35.8 Å². The number of nitriles is 1. The molecule has 0 unspecified atom stereocenters. The van der Waals surface area contributed by atoms with E-state index in [9.17, 15) is 10.1 Å². The normalized spacial score (nSPS) is 11.2. The van der Waals surface area contributed by atoms with Crippen LogP contribution in [0.3, 0.4) is 0 Å². The number of aryl methyl sites for hydroxylation is 1. The maximum absolute atomic E-state index is 14.0. The van der Waals surface area contributed by atoms with E-state index in [1.165, 1.54) is 4.68 Å². The van der Waals surface area contributed by atoms with Crippen molar-refractivity contribution in [2.24, 2.45) is 5.10 Å². The van der Waals surface area contributed by atoms with E-state index >= 15 is 0 Å². The summed E-state index contributed by atoms with van der Waals surface area (Å²) in [7, 11) is 1.55. The van der Waals surface area contributed by atoms with Gasteiger partial charge in [0.25, 0.3) is 5.56 Å². The summed E-state index contributed by atoms with van der Waals surface area (Å²) in [5.41, 5.74) is 4.78. The molecule has 9 heteroatoms. The number of rotatable bonds is 10. The molecule has 228 valence electrons. The van der Waals surface area contributed by atoms with Crippen LogP contribution in [-0.4, -0.2) is 29.6 Å². The van der Waals surface area contributed by atoms with Crippen molar-refractivity contribution in [1.82, 2.24) is 9.66 Å². The maximum atomic E-state index is 14.0. The fourth-order valence-corrected chi connectivity index (χ4v) is 5.55. The van der Waals surface area contributed by atoms with Crippen LogP contribution in [0, 0.1) is 18.3 Å². The third kappa shape index (κ3) is 6.61. The molecule has 0 aliphatic carbocycles. The van der Waals surface area contributed by atoms with Crippen molar-refractivity contribution in [2.75, 3.05) is 13.7 Å². The van der Waals surface area contributed by atoms with Crippen molar-refractivity contribution in [1.29, 1.82) is 5.26 Å². The molecule has 0 amide bonds. The topological polar surface area (TPSA) is 98.7 Å². The molecular weight excluding hydrogens is 632 g/mol. The second kappa shape index (κ2) is 13.8. The van der Waals surface area contributed by atoms with Gasteiger partial charge in [0.15, 0.2) is 17.3 Å². The highest BCUT2D eigenvalue weighted by Gasteiger charge is 2.19. The summed E-state index contributed by atoms with van der Waals surface area (Å²) >= 11 is 3.55. The van der Waals surface area contributed by atoms with Gasteiger partial charge < -0.3 is 14.2 Å². The van der Waals surface area contributed by atoms with E-state index in [4.69, 9.17) is 24.3 Å². The van der Waals surface area contributed by atoms with Crippen LogP contribution in [0.1, 0.15) is 54.5 Å². The Kier molecular flexibility index (Phi) is 9.65. The SMILES string of the molecule is CCOc1cc(C)c(-c2nc3ccccc3c(=O)n2N=Cc2cc(Br)cc(OC)c2OCc2ccccc2C#N)cc1C(C)C. The number of para-hydroxylation sites is 1. The summed E-state index contributed by atoms with van der Waals surface area (Å²) in [6, 6.07) is 24.3. The zero-order valence-corrected chi connectivity index (χ0v) is 27.4. The van der Waals surface area contributed by atoms with Crippen molar-refractivity contribution >= 4 is 33.0 Å². The average Bonchev–Trinajstić information content (AvgIpc) is 3.03. The standard InChI is InChI=1S/C36H33BrN4O4/c1-6-44-32-15-23(4)30(18-29(32)22(2)3)35-40-31-14-10-9-13-28(31)36(42)41(35)39-20-26-16-27(37)17-33(43-5)34(26)45-21-25-12-8-7-11-24(25)19-38/h7-18,20,22H,6,21H2,1-5H3. The van der Waals surface area contributed by atoms with Crippen molar-refractivity contribution in [3.8, 4) is 34.7 Å². The summed E-state index contributed by atoms with van der Waals surface area (Å²) < 4.78 is 19.9. The first kappa shape index (κ1) is 31.5. The molecule has 0 saturated heterocycles. The minimum absolute atomic E-state index is 0.134. The van der Waals surface area contributed by atoms with Crippen LogP contribution in [0.2, 0.25) is 0 Å². The van der Waals surface area contributed by atoms with Crippen LogP contribution in [-0.2, 0) is 6.61 Å². The minimum atomic E-state index is -0.307. The van der Waals surface area contributed by atoms with Crippen molar-refractivity contribution < 1.29 is 14.2 Å². The highest BCUT2D eigenvalue weighted by Crippen LogP contribution is 2.36. The quantitative estimate of drug-likeness (QED) is 0.140. The van der Waals surface area contributed by atoms with Gasteiger partial charge in [-0.1, -0.05) is 60.1 Å². The Morgan fingerprint density at radius 2 is 1.80 bits per heavy atom. The van der Waals surface area contributed by atoms with Gasteiger partial charge in [0.05, 0.1) is 42.5 Å². The van der Waals surface area contributed by atoms with Crippen LogP contribution in [0.5, 0.6) is 17.2 Å². The smallest absolute Gasteiger partial charge is 0.282 e. The highest BCUT2D eigenvalue weighted by molar-refractivity contribution is 9.10. The molecule has 1 aromatic heterocycles. The number of nitrogens with zero attached hydrogens (tertiary/aromatic N) is 4. The molecule has 0 bridgehead atoms. The first-order chi connectivity index (χ1) is 21.7. The number of benzene rings is 4. The molecule has 0 fully saturated rings. The number of methoxy groups -OCH3 is 1. The Morgan fingerprint density at radius 1 is 1.04 bits per heavy atom. The summed E-state index contributed by atoms with van der Waals surface area (Å²) in [5.74, 6) is 2.28. The van der Waals surface area contributed by atoms with E-state index in [-0.39, 0.29) is 18.1 Å². The fourth-order valence-electron chi connectivity index (χ4n) is 5.09. The first-order valence-electron chi connectivity index (χ1n) is 14.6. The van der Waals surface area contributed by atoms with E-state index in [1.807, 2.05) is 68.4 Å². The maximum Gasteiger partial charge on any atom is 0.282 e. The number of fused-ring (bicyclic) bond motifs is 1. The van der Waals surface area contributed by atoms with Crippen LogP contribution in [0.15, 0.2) is 87.2 Å². The Morgan fingerprint density at radius 3 is 2.53 bits per heavy atom. The molecule has 1 heterocycles. The number of aromatic nitrogens is 2. The molecule has 0 spiro atoms. The molecule has 0 N–H and O–H groups in total. The molecule has 0 aliphatic heterocycles. The van der Waals surface area contributed by atoms with Crippen LogP contribution >= 0.6 is 15.9 Å².